The minimum Gasteiger partial charge on any atom is -0.444 e. The summed E-state index contributed by atoms with van der Waals surface area (Å²) in [4.78, 5) is 16.7. The van der Waals surface area contributed by atoms with Crippen LogP contribution in [-0.4, -0.2) is 23.1 Å². The number of carbonyl (C=O) groups excluding carboxylic acids is 1. The molecule has 100 valence electrons. The molecule has 0 N–H and O–H groups in total. The molecule has 0 atom stereocenters. The molecule has 3 nitrogen and oxygen atoms in total. The van der Waals surface area contributed by atoms with Gasteiger partial charge in [0.05, 0.1) is 6.54 Å². The molecule has 18 heavy (non-hydrogen) atoms. The van der Waals surface area contributed by atoms with Crippen LogP contribution in [0.1, 0.15) is 41.7 Å². The van der Waals surface area contributed by atoms with Crippen molar-refractivity contribution in [2.75, 3.05) is 6.54 Å². The van der Waals surface area contributed by atoms with Gasteiger partial charge in [-0.3, -0.25) is 0 Å². The topological polar surface area (TPSA) is 29.5 Å². The normalized spacial score (nSPS) is 15.5. The lowest BCUT2D eigenvalue weighted by Gasteiger charge is -2.30. The van der Waals surface area contributed by atoms with E-state index in [9.17, 15) is 4.79 Å². The predicted molar refractivity (Wildman–Crippen MR) is 74.1 cm³/mol. The molecule has 0 radical (unpaired) electrons. The highest BCUT2D eigenvalue weighted by molar-refractivity contribution is 7.12. The molecule has 0 fully saturated rings. The Hall–Kier alpha value is -1.03. The van der Waals surface area contributed by atoms with Gasteiger partial charge in [-0.05, 0) is 52.2 Å². The van der Waals surface area contributed by atoms with Crippen LogP contribution in [0, 0.1) is 13.8 Å². The van der Waals surface area contributed by atoms with Crippen LogP contribution >= 0.6 is 11.3 Å². The number of aryl methyl sites for hydroxylation is 1. The maximum Gasteiger partial charge on any atom is 0.410 e. The average Bonchev–Trinajstić information content (AvgIpc) is 2.52. The first-order valence-corrected chi connectivity index (χ1v) is 7.15. The predicted octanol–water partition coefficient (Wildman–Crippen LogP) is 3.66. The van der Waals surface area contributed by atoms with Gasteiger partial charge in [-0.15, -0.1) is 11.3 Å². The first-order chi connectivity index (χ1) is 8.28. The molecule has 4 heteroatoms. The number of carbonyl (C=O) groups is 1. The van der Waals surface area contributed by atoms with Crippen LogP contribution in [0.3, 0.4) is 0 Å². The minimum absolute atomic E-state index is 0.198. The van der Waals surface area contributed by atoms with Gasteiger partial charge in [-0.25, -0.2) is 4.79 Å². The maximum absolute atomic E-state index is 12.0. The Labute approximate surface area is 113 Å². The van der Waals surface area contributed by atoms with E-state index in [2.05, 4.69) is 13.8 Å². The number of amides is 1. The Bertz CT molecular complexity index is 471. The van der Waals surface area contributed by atoms with Crippen molar-refractivity contribution in [1.29, 1.82) is 0 Å². The lowest BCUT2D eigenvalue weighted by molar-refractivity contribution is 0.0225. The lowest BCUT2D eigenvalue weighted by atomic mass is 10.0. The van der Waals surface area contributed by atoms with Gasteiger partial charge in [0.2, 0.25) is 0 Å². The molecule has 1 aliphatic rings. The first kappa shape index (κ1) is 13.4. The smallest absolute Gasteiger partial charge is 0.410 e. The van der Waals surface area contributed by atoms with Crippen molar-refractivity contribution in [2.24, 2.45) is 0 Å². The summed E-state index contributed by atoms with van der Waals surface area (Å²) >= 11 is 1.86. The standard InChI is InChI=1S/C14H21NO2S/c1-9-10(2)18-12-6-7-15(8-11(9)12)13(16)17-14(3,4)5/h6-8H2,1-5H3. The van der Waals surface area contributed by atoms with Crippen LogP contribution in [0.4, 0.5) is 4.79 Å². The summed E-state index contributed by atoms with van der Waals surface area (Å²) in [5, 5.41) is 0. The average molecular weight is 267 g/mol. The Morgan fingerprint density at radius 2 is 2.00 bits per heavy atom. The zero-order valence-corrected chi connectivity index (χ0v) is 12.6. The van der Waals surface area contributed by atoms with E-state index in [1.54, 1.807) is 0 Å². The van der Waals surface area contributed by atoms with Gasteiger partial charge >= 0.3 is 6.09 Å². The van der Waals surface area contributed by atoms with Gasteiger partial charge < -0.3 is 9.64 Å². The molecule has 0 saturated heterocycles. The largest absolute Gasteiger partial charge is 0.444 e. The van der Waals surface area contributed by atoms with Gasteiger partial charge in [-0.2, -0.15) is 0 Å². The number of rotatable bonds is 0. The highest BCUT2D eigenvalue weighted by atomic mass is 32.1. The number of hydrogen-bond donors (Lipinski definition) is 0. The fourth-order valence-electron chi connectivity index (χ4n) is 2.14. The molecule has 0 aliphatic carbocycles. The summed E-state index contributed by atoms with van der Waals surface area (Å²) in [6.45, 7) is 11.5. The monoisotopic (exact) mass is 267 g/mol. The van der Waals surface area contributed by atoms with Crippen LogP contribution in [0.25, 0.3) is 0 Å². The fraction of sp³-hybridized carbons (Fsp3) is 0.643. The SMILES string of the molecule is Cc1sc2c(c1C)CN(C(=O)OC(C)(C)C)CC2. The molecule has 1 aliphatic heterocycles. The molecule has 1 amide bonds. The molecule has 0 bridgehead atoms. The van der Waals surface area contributed by atoms with Gasteiger partial charge in [0.25, 0.3) is 0 Å². The summed E-state index contributed by atoms with van der Waals surface area (Å²) in [6, 6.07) is 0. The van der Waals surface area contributed by atoms with Crippen LogP contribution < -0.4 is 0 Å². The molecule has 1 aromatic heterocycles. The first-order valence-electron chi connectivity index (χ1n) is 6.33. The molecular formula is C14H21NO2S. The molecule has 2 rings (SSSR count). The van der Waals surface area contributed by atoms with Crippen molar-refractivity contribution in [3.8, 4) is 0 Å². The summed E-state index contributed by atoms with van der Waals surface area (Å²) < 4.78 is 5.43. The Morgan fingerprint density at radius 3 is 2.61 bits per heavy atom. The maximum atomic E-state index is 12.0. The van der Waals surface area contributed by atoms with Crippen LogP contribution in [-0.2, 0) is 17.7 Å². The number of fused-ring (bicyclic) bond motifs is 1. The molecule has 0 saturated carbocycles. The van der Waals surface area contributed by atoms with E-state index in [4.69, 9.17) is 4.74 Å². The quantitative estimate of drug-likeness (QED) is 0.718. The van der Waals surface area contributed by atoms with Crippen LogP contribution in [0.2, 0.25) is 0 Å². The second-order valence-electron chi connectivity index (χ2n) is 5.84. The van der Waals surface area contributed by atoms with E-state index in [0.717, 1.165) is 13.0 Å². The van der Waals surface area contributed by atoms with Gasteiger partial charge in [0, 0.05) is 16.3 Å². The third kappa shape index (κ3) is 2.69. The zero-order valence-electron chi connectivity index (χ0n) is 11.8. The van der Waals surface area contributed by atoms with Crippen molar-refractivity contribution >= 4 is 17.4 Å². The Balaban J connectivity index is 2.12. The zero-order chi connectivity index (χ0) is 13.5. The van der Waals surface area contributed by atoms with Crippen molar-refractivity contribution < 1.29 is 9.53 Å². The number of hydrogen-bond acceptors (Lipinski definition) is 3. The van der Waals surface area contributed by atoms with Gasteiger partial charge in [0.15, 0.2) is 0 Å². The Kier molecular flexibility index (Phi) is 3.41. The molecule has 0 spiro atoms. The van der Waals surface area contributed by atoms with Crippen molar-refractivity contribution in [2.45, 2.75) is 53.2 Å². The Morgan fingerprint density at radius 1 is 1.33 bits per heavy atom. The molecule has 0 unspecified atom stereocenters. The fourth-order valence-corrected chi connectivity index (χ4v) is 3.32. The molecule has 1 aromatic rings. The highest BCUT2D eigenvalue weighted by Gasteiger charge is 2.27. The van der Waals surface area contributed by atoms with E-state index in [1.165, 1.54) is 20.9 Å². The van der Waals surface area contributed by atoms with E-state index in [0.29, 0.717) is 6.54 Å². The minimum atomic E-state index is -0.420. The summed E-state index contributed by atoms with van der Waals surface area (Å²) in [6.07, 6.45) is 0.755. The van der Waals surface area contributed by atoms with Crippen LogP contribution in [0.15, 0.2) is 0 Å². The number of ether oxygens (including phenoxy) is 1. The van der Waals surface area contributed by atoms with Crippen LogP contribution in [0.5, 0.6) is 0 Å². The lowest BCUT2D eigenvalue weighted by Crippen LogP contribution is -2.39. The van der Waals surface area contributed by atoms with E-state index >= 15 is 0 Å². The summed E-state index contributed by atoms with van der Waals surface area (Å²) in [7, 11) is 0. The van der Waals surface area contributed by atoms with E-state index in [-0.39, 0.29) is 6.09 Å². The second kappa shape index (κ2) is 4.57. The summed E-state index contributed by atoms with van der Waals surface area (Å²) in [5.41, 5.74) is 2.25. The van der Waals surface area contributed by atoms with Gasteiger partial charge in [0.1, 0.15) is 5.60 Å². The number of nitrogens with zero attached hydrogens (tertiary/aromatic N) is 1. The molecular weight excluding hydrogens is 246 g/mol. The van der Waals surface area contributed by atoms with E-state index < -0.39 is 5.60 Å². The highest BCUT2D eigenvalue weighted by Crippen LogP contribution is 2.32. The van der Waals surface area contributed by atoms with Crippen molar-refractivity contribution in [1.82, 2.24) is 4.90 Å². The van der Waals surface area contributed by atoms with E-state index in [1.807, 2.05) is 37.0 Å². The second-order valence-corrected chi connectivity index (χ2v) is 7.15. The third-order valence-electron chi connectivity index (χ3n) is 3.20. The molecule has 2 heterocycles. The third-order valence-corrected chi connectivity index (χ3v) is 4.51. The summed E-state index contributed by atoms with van der Waals surface area (Å²) in [5.74, 6) is 0. The number of thiophene rings is 1. The van der Waals surface area contributed by atoms with Gasteiger partial charge in [-0.1, -0.05) is 0 Å². The van der Waals surface area contributed by atoms with Crippen molar-refractivity contribution in [3.05, 3.63) is 20.9 Å². The molecule has 0 aromatic carbocycles. The van der Waals surface area contributed by atoms with Crippen molar-refractivity contribution in [3.63, 3.8) is 0 Å².